The number of pyridine rings is 1. The third kappa shape index (κ3) is 4.86. The first kappa shape index (κ1) is 15.3. The van der Waals surface area contributed by atoms with Crippen LogP contribution in [-0.4, -0.2) is 41.5 Å². The normalized spacial score (nSPS) is 12.7. The summed E-state index contributed by atoms with van der Waals surface area (Å²) in [6.07, 6.45) is 5.24. The second kappa shape index (κ2) is 8.38. The minimum Gasteiger partial charge on any atom is -0.370 e. The summed E-state index contributed by atoms with van der Waals surface area (Å²) in [7, 11) is 2.19. The van der Waals surface area contributed by atoms with Crippen molar-refractivity contribution in [2.45, 2.75) is 32.9 Å². The molecule has 1 N–H and O–H groups in total. The van der Waals surface area contributed by atoms with Gasteiger partial charge in [0.25, 0.3) is 0 Å². The third-order valence-corrected chi connectivity index (χ3v) is 3.79. The maximum Gasteiger partial charge on any atom is 0.130 e. The quantitative estimate of drug-likeness (QED) is 0.783. The Bertz CT molecular complexity index is 344. The van der Waals surface area contributed by atoms with Crippen LogP contribution in [0, 0.1) is 0 Å². The molecule has 0 saturated heterocycles. The maximum absolute atomic E-state index is 4.40. The lowest BCUT2D eigenvalue weighted by atomic mass is 10.2. The monoisotopic (exact) mass is 267 g/mol. The van der Waals surface area contributed by atoms with E-state index in [4.69, 9.17) is 0 Å². The van der Waals surface area contributed by atoms with Crippen LogP contribution in [0.5, 0.6) is 0 Å². The summed E-state index contributed by atoms with van der Waals surface area (Å²) in [4.78, 5) is 6.80. The Morgan fingerprint density at radius 3 is 2.94 bits per heavy atom. The van der Waals surface area contributed by atoms with Gasteiger partial charge in [-0.1, -0.05) is 6.07 Å². The van der Waals surface area contributed by atoms with Crippen LogP contribution in [0.4, 0.5) is 5.82 Å². The van der Waals surface area contributed by atoms with E-state index in [0.29, 0.717) is 6.04 Å². The zero-order chi connectivity index (χ0) is 13.4. The highest BCUT2D eigenvalue weighted by molar-refractivity contribution is 7.98. The number of rotatable bonds is 8. The molecule has 1 aromatic rings. The maximum atomic E-state index is 4.40. The van der Waals surface area contributed by atoms with E-state index in [9.17, 15) is 0 Å². The third-order valence-electron chi connectivity index (χ3n) is 3.15. The Hall–Kier alpha value is -0.740. The van der Waals surface area contributed by atoms with Crippen LogP contribution in [0.3, 0.4) is 0 Å². The summed E-state index contributed by atoms with van der Waals surface area (Å²) in [5.74, 6) is 2.24. The number of hydrogen-bond donors (Lipinski definition) is 1. The number of thioether (sulfide) groups is 1. The topological polar surface area (TPSA) is 28.2 Å². The predicted octanol–water partition coefficient (Wildman–Crippen LogP) is 3.09. The van der Waals surface area contributed by atoms with Gasteiger partial charge in [-0.15, -0.1) is 0 Å². The van der Waals surface area contributed by atoms with Crippen molar-refractivity contribution in [3.63, 3.8) is 0 Å². The molecule has 1 atom stereocenters. The van der Waals surface area contributed by atoms with Gasteiger partial charge in [0.2, 0.25) is 0 Å². The van der Waals surface area contributed by atoms with Gasteiger partial charge in [-0.05, 0) is 45.4 Å². The Labute approximate surface area is 115 Å². The second-order valence-corrected chi connectivity index (χ2v) is 5.57. The molecule has 18 heavy (non-hydrogen) atoms. The highest BCUT2D eigenvalue weighted by atomic mass is 32.2. The molecule has 4 heteroatoms. The molecule has 0 aliphatic rings. The molecule has 102 valence electrons. The van der Waals surface area contributed by atoms with Crippen LogP contribution in [-0.2, 0) is 6.54 Å². The lowest BCUT2D eigenvalue weighted by molar-refractivity contribution is 0.245. The van der Waals surface area contributed by atoms with E-state index in [0.717, 1.165) is 18.9 Å². The Morgan fingerprint density at radius 1 is 1.50 bits per heavy atom. The number of hydrogen-bond acceptors (Lipinski definition) is 4. The Balaban J connectivity index is 2.60. The van der Waals surface area contributed by atoms with Crippen molar-refractivity contribution >= 4 is 17.6 Å². The fourth-order valence-corrected chi connectivity index (χ4v) is 2.40. The largest absolute Gasteiger partial charge is 0.370 e. The van der Waals surface area contributed by atoms with Crippen molar-refractivity contribution in [1.82, 2.24) is 9.88 Å². The van der Waals surface area contributed by atoms with Crippen molar-refractivity contribution in [2.75, 3.05) is 30.9 Å². The summed E-state index contributed by atoms with van der Waals surface area (Å²) in [5, 5.41) is 3.32. The SMILES string of the molecule is CCNc1ncccc1CN(C)C(C)CCSC. The highest BCUT2D eigenvalue weighted by Gasteiger charge is 2.11. The standard InChI is InChI=1S/C14H25N3S/c1-5-15-14-13(7-6-9-16-14)11-17(3)12(2)8-10-18-4/h6-7,9,12H,5,8,10-11H2,1-4H3,(H,15,16). The molecular weight excluding hydrogens is 242 g/mol. The van der Waals surface area contributed by atoms with Crippen LogP contribution >= 0.6 is 11.8 Å². The first-order valence-electron chi connectivity index (χ1n) is 6.56. The smallest absolute Gasteiger partial charge is 0.130 e. The minimum absolute atomic E-state index is 0.604. The van der Waals surface area contributed by atoms with E-state index in [1.165, 1.54) is 17.7 Å². The first-order valence-corrected chi connectivity index (χ1v) is 7.95. The summed E-state index contributed by atoms with van der Waals surface area (Å²) in [6, 6.07) is 4.77. The molecule has 1 unspecified atom stereocenters. The van der Waals surface area contributed by atoms with E-state index in [-0.39, 0.29) is 0 Å². The Morgan fingerprint density at radius 2 is 2.28 bits per heavy atom. The predicted molar refractivity (Wildman–Crippen MR) is 82.3 cm³/mol. The lowest BCUT2D eigenvalue weighted by Gasteiger charge is -2.25. The first-order chi connectivity index (χ1) is 8.69. The number of aromatic nitrogens is 1. The van der Waals surface area contributed by atoms with Crippen LogP contribution in [0.15, 0.2) is 18.3 Å². The number of anilines is 1. The van der Waals surface area contributed by atoms with Crippen LogP contribution in [0.2, 0.25) is 0 Å². The molecule has 0 aromatic carbocycles. The summed E-state index contributed by atoms with van der Waals surface area (Å²) in [6.45, 7) is 6.25. The van der Waals surface area contributed by atoms with Gasteiger partial charge in [0.1, 0.15) is 5.82 Å². The number of nitrogens with one attached hydrogen (secondary N) is 1. The molecule has 0 aliphatic heterocycles. The van der Waals surface area contributed by atoms with E-state index in [2.05, 4.69) is 48.4 Å². The minimum atomic E-state index is 0.604. The molecule has 0 aliphatic carbocycles. The fraction of sp³-hybridized carbons (Fsp3) is 0.643. The van der Waals surface area contributed by atoms with Crippen LogP contribution in [0.1, 0.15) is 25.8 Å². The van der Waals surface area contributed by atoms with Crippen molar-refractivity contribution in [3.05, 3.63) is 23.9 Å². The van der Waals surface area contributed by atoms with Gasteiger partial charge in [-0.2, -0.15) is 11.8 Å². The van der Waals surface area contributed by atoms with Crippen LogP contribution < -0.4 is 5.32 Å². The molecule has 0 amide bonds. The molecule has 1 rings (SSSR count). The van der Waals surface area contributed by atoms with Gasteiger partial charge >= 0.3 is 0 Å². The summed E-state index contributed by atoms with van der Waals surface area (Å²) >= 11 is 1.91. The van der Waals surface area contributed by atoms with Gasteiger partial charge in [0, 0.05) is 30.9 Å². The average molecular weight is 267 g/mol. The van der Waals surface area contributed by atoms with Crippen molar-refractivity contribution in [1.29, 1.82) is 0 Å². The second-order valence-electron chi connectivity index (χ2n) is 4.59. The zero-order valence-corrected chi connectivity index (χ0v) is 12.8. The Kier molecular flexibility index (Phi) is 7.13. The lowest BCUT2D eigenvalue weighted by Crippen LogP contribution is -2.29. The summed E-state index contributed by atoms with van der Waals surface area (Å²) < 4.78 is 0. The molecule has 0 saturated carbocycles. The molecular formula is C14H25N3S. The molecule has 1 aromatic heterocycles. The van der Waals surface area contributed by atoms with Gasteiger partial charge in [0.05, 0.1) is 0 Å². The molecule has 0 radical (unpaired) electrons. The molecule has 0 fully saturated rings. The van der Waals surface area contributed by atoms with E-state index in [1.807, 2.05) is 24.0 Å². The molecule has 0 bridgehead atoms. The number of nitrogens with zero attached hydrogens (tertiary/aromatic N) is 2. The highest BCUT2D eigenvalue weighted by Crippen LogP contribution is 2.16. The van der Waals surface area contributed by atoms with Gasteiger partial charge in [-0.3, -0.25) is 4.90 Å². The van der Waals surface area contributed by atoms with Gasteiger partial charge in [0.15, 0.2) is 0 Å². The molecule has 3 nitrogen and oxygen atoms in total. The van der Waals surface area contributed by atoms with Crippen molar-refractivity contribution in [2.24, 2.45) is 0 Å². The van der Waals surface area contributed by atoms with E-state index in [1.54, 1.807) is 0 Å². The van der Waals surface area contributed by atoms with Gasteiger partial charge < -0.3 is 5.32 Å². The van der Waals surface area contributed by atoms with Crippen LogP contribution in [0.25, 0.3) is 0 Å². The van der Waals surface area contributed by atoms with E-state index >= 15 is 0 Å². The average Bonchev–Trinajstić information content (AvgIpc) is 2.38. The van der Waals surface area contributed by atoms with Crippen molar-refractivity contribution in [3.8, 4) is 0 Å². The molecule has 0 spiro atoms. The van der Waals surface area contributed by atoms with Gasteiger partial charge in [-0.25, -0.2) is 4.98 Å². The molecule has 1 heterocycles. The zero-order valence-electron chi connectivity index (χ0n) is 11.9. The fourth-order valence-electron chi connectivity index (χ4n) is 1.83. The van der Waals surface area contributed by atoms with Crippen molar-refractivity contribution < 1.29 is 0 Å². The van der Waals surface area contributed by atoms with E-state index < -0.39 is 0 Å². The summed E-state index contributed by atoms with van der Waals surface area (Å²) in [5.41, 5.74) is 1.28.